The van der Waals surface area contributed by atoms with Crippen LogP contribution >= 0.6 is 0 Å². The average Bonchev–Trinajstić information content (AvgIpc) is 3.29. The number of nitrogens with zero attached hydrogens (tertiary/aromatic N) is 4. The van der Waals surface area contributed by atoms with Gasteiger partial charge >= 0.3 is 5.97 Å². The Bertz CT molecular complexity index is 1820. The average molecular weight is 570 g/mol. The van der Waals surface area contributed by atoms with E-state index in [2.05, 4.69) is 31.6 Å². The lowest BCUT2D eigenvalue weighted by Crippen LogP contribution is -2.16. The summed E-state index contributed by atoms with van der Waals surface area (Å²) >= 11 is 0. The van der Waals surface area contributed by atoms with Crippen LogP contribution in [0.4, 0.5) is 5.69 Å². The Kier molecular flexibility index (Phi) is 8.75. The summed E-state index contributed by atoms with van der Waals surface area (Å²) in [4.78, 5) is 40.7. The third-order valence-corrected chi connectivity index (χ3v) is 7.60. The van der Waals surface area contributed by atoms with Crippen LogP contribution in [0.5, 0.6) is 0 Å². The summed E-state index contributed by atoms with van der Waals surface area (Å²) in [6.07, 6.45) is 4.54. The summed E-state index contributed by atoms with van der Waals surface area (Å²) < 4.78 is 18.7. The molecule has 2 heterocycles. The maximum absolute atomic E-state index is 13.2. The summed E-state index contributed by atoms with van der Waals surface area (Å²) in [6, 6.07) is 16.8. The monoisotopic (exact) mass is 569 g/mol. The summed E-state index contributed by atoms with van der Waals surface area (Å²) in [5, 5.41) is 15.9. The predicted octanol–water partition coefficient (Wildman–Crippen LogP) is 4.09. The molecule has 4 aromatic rings. The maximum atomic E-state index is 13.2. The zero-order valence-electron chi connectivity index (χ0n) is 22.6. The summed E-state index contributed by atoms with van der Waals surface area (Å²) in [7, 11) is -1.35. The number of aliphatic carboxylic acids is 1. The fraction of sp³-hybridized carbons (Fsp3) is 0.167. The lowest BCUT2D eigenvalue weighted by atomic mass is 10.1. The first kappa shape index (κ1) is 28.9. The molecule has 1 atom stereocenters. The minimum Gasteiger partial charge on any atom is -0.481 e. The molecule has 0 saturated heterocycles. The van der Waals surface area contributed by atoms with Gasteiger partial charge in [0.2, 0.25) is 0 Å². The van der Waals surface area contributed by atoms with E-state index in [9.17, 15) is 18.6 Å². The van der Waals surface area contributed by atoms with Crippen molar-refractivity contribution >= 4 is 33.2 Å². The van der Waals surface area contributed by atoms with Crippen LogP contribution in [-0.4, -0.2) is 48.1 Å². The number of anilines is 1. The van der Waals surface area contributed by atoms with Crippen LogP contribution in [0.2, 0.25) is 0 Å². The van der Waals surface area contributed by atoms with Gasteiger partial charge in [-0.05, 0) is 61.4 Å². The zero-order valence-corrected chi connectivity index (χ0v) is 23.4. The maximum Gasteiger partial charge on any atom is 0.303 e. The molecule has 1 unspecified atom stereocenters. The molecule has 2 N–H and O–H groups in total. The second kappa shape index (κ2) is 12.4. The van der Waals surface area contributed by atoms with Crippen molar-refractivity contribution in [2.45, 2.75) is 24.7 Å². The van der Waals surface area contributed by atoms with Gasteiger partial charge in [-0.1, -0.05) is 30.0 Å². The number of nitrogens with one attached hydrogen (secondary N) is 1. The molecule has 11 heteroatoms. The first-order valence-corrected chi connectivity index (χ1v) is 14.4. The zero-order chi connectivity index (χ0) is 29.6. The minimum absolute atomic E-state index is 0.0102. The topological polar surface area (TPSA) is 144 Å². The van der Waals surface area contributed by atoms with Crippen molar-refractivity contribution in [2.24, 2.45) is 11.4 Å². The van der Waals surface area contributed by atoms with Crippen molar-refractivity contribution < 1.29 is 23.7 Å². The Morgan fingerprint density at radius 1 is 1.02 bits per heavy atom. The molecule has 0 fully saturated rings. The van der Waals surface area contributed by atoms with Crippen LogP contribution in [-0.2, 0) is 28.0 Å². The molecule has 2 amide bonds. The molecule has 2 aromatic carbocycles. The van der Waals surface area contributed by atoms with E-state index in [1.165, 1.54) is 29.4 Å². The smallest absolute Gasteiger partial charge is 0.303 e. The Hall–Kier alpha value is -5.08. The normalized spacial score (nSPS) is 12.0. The van der Waals surface area contributed by atoms with Gasteiger partial charge in [0.15, 0.2) is 0 Å². The SMILES string of the molecule is Cc1cc(C(=O)Nc2cccc(C#Cc3cncc(C(=O)N=S(C)(=O)c4ccc(CCC(=O)O)cc4)c3)c2)n(C)n1. The second-order valence-corrected chi connectivity index (χ2v) is 11.5. The Balaban J connectivity index is 1.48. The highest BCUT2D eigenvalue weighted by molar-refractivity contribution is 7.93. The fourth-order valence-corrected chi connectivity index (χ4v) is 5.05. The number of benzene rings is 2. The molecule has 0 bridgehead atoms. The molecular weight excluding hydrogens is 542 g/mol. The highest BCUT2D eigenvalue weighted by Crippen LogP contribution is 2.16. The van der Waals surface area contributed by atoms with Gasteiger partial charge in [0.25, 0.3) is 11.8 Å². The van der Waals surface area contributed by atoms with Crippen LogP contribution in [0.3, 0.4) is 0 Å². The molecule has 2 aromatic heterocycles. The van der Waals surface area contributed by atoms with E-state index in [0.29, 0.717) is 33.8 Å². The number of carboxylic acids is 1. The van der Waals surface area contributed by atoms with Crippen LogP contribution in [0, 0.1) is 18.8 Å². The van der Waals surface area contributed by atoms with Gasteiger partial charge in [0.1, 0.15) is 5.69 Å². The van der Waals surface area contributed by atoms with Crippen LogP contribution in [0.15, 0.2) is 82.3 Å². The Morgan fingerprint density at radius 2 is 1.76 bits per heavy atom. The summed E-state index contributed by atoms with van der Waals surface area (Å²) in [5.41, 5.74) is 3.74. The number of aromatic nitrogens is 3. The van der Waals surface area contributed by atoms with Crippen LogP contribution in [0.1, 0.15) is 49.7 Å². The third-order valence-electron chi connectivity index (χ3n) is 5.94. The second-order valence-electron chi connectivity index (χ2n) is 9.28. The van der Waals surface area contributed by atoms with E-state index in [1.807, 2.05) is 6.92 Å². The van der Waals surface area contributed by atoms with E-state index in [1.54, 1.807) is 61.6 Å². The van der Waals surface area contributed by atoms with Crippen LogP contribution < -0.4 is 5.32 Å². The van der Waals surface area contributed by atoms with Gasteiger partial charge in [-0.25, -0.2) is 4.21 Å². The molecule has 4 rings (SSSR count). The molecular formula is C30H27N5O5S. The summed E-state index contributed by atoms with van der Waals surface area (Å²) in [5.74, 6) is 4.07. The van der Waals surface area contributed by atoms with E-state index in [4.69, 9.17) is 5.11 Å². The molecule has 41 heavy (non-hydrogen) atoms. The van der Waals surface area contributed by atoms with Gasteiger partial charge in [0.05, 0.1) is 21.0 Å². The Morgan fingerprint density at radius 3 is 2.44 bits per heavy atom. The molecule has 0 spiro atoms. The number of amides is 2. The largest absolute Gasteiger partial charge is 0.481 e. The Labute approximate surface area is 237 Å². The first-order chi connectivity index (χ1) is 19.5. The van der Waals surface area contributed by atoms with Gasteiger partial charge < -0.3 is 10.4 Å². The van der Waals surface area contributed by atoms with E-state index in [0.717, 1.165) is 11.3 Å². The number of carbonyl (C=O) groups excluding carboxylic acids is 2. The van der Waals surface area contributed by atoms with Crippen molar-refractivity contribution in [3.05, 3.63) is 107 Å². The molecule has 0 aliphatic carbocycles. The number of hydrogen-bond donors (Lipinski definition) is 2. The number of carbonyl (C=O) groups is 3. The van der Waals surface area contributed by atoms with Gasteiger partial charge in [0, 0.05) is 53.8 Å². The van der Waals surface area contributed by atoms with Crippen molar-refractivity contribution in [3.63, 3.8) is 0 Å². The van der Waals surface area contributed by atoms with Gasteiger partial charge in [-0.15, -0.1) is 0 Å². The first-order valence-electron chi connectivity index (χ1n) is 12.5. The highest BCUT2D eigenvalue weighted by atomic mass is 32.2. The van der Waals surface area contributed by atoms with E-state index in [-0.39, 0.29) is 17.9 Å². The number of carboxylic acid groups (broad SMARTS) is 1. The molecule has 0 radical (unpaired) electrons. The van der Waals surface area contributed by atoms with Crippen LogP contribution in [0.25, 0.3) is 0 Å². The fourth-order valence-electron chi connectivity index (χ4n) is 3.89. The number of rotatable bonds is 7. The van der Waals surface area contributed by atoms with Gasteiger partial charge in [-0.2, -0.15) is 9.46 Å². The molecule has 0 saturated carbocycles. The molecule has 10 nitrogen and oxygen atoms in total. The third kappa shape index (κ3) is 7.74. The molecule has 208 valence electrons. The number of pyridine rings is 1. The van der Waals surface area contributed by atoms with E-state index >= 15 is 0 Å². The standard InChI is InChI=1S/C30H27N5O5S/c1-20-15-27(35(2)33-20)30(39)32-25-6-4-5-22(17-25)7-8-23-16-24(19-31-18-23)29(38)34-41(3,40)26-12-9-21(10-13-26)11-14-28(36)37/h4-6,9-10,12-13,15-19H,11,14H2,1-3H3,(H,32,39)(H,36,37). The van der Waals surface area contributed by atoms with E-state index < -0.39 is 21.6 Å². The molecule has 0 aliphatic rings. The number of aryl methyl sites for hydroxylation is 3. The quantitative estimate of drug-likeness (QED) is 0.319. The lowest BCUT2D eigenvalue weighted by molar-refractivity contribution is -0.136. The summed E-state index contributed by atoms with van der Waals surface area (Å²) in [6.45, 7) is 1.81. The highest BCUT2D eigenvalue weighted by Gasteiger charge is 2.14. The van der Waals surface area contributed by atoms with Crippen molar-refractivity contribution in [1.82, 2.24) is 14.8 Å². The van der Waals surface area contributed by atoms with Gasteiger partial charge in [-0.3, -0.25) is 24.0 Å². The number of hydrogen-bond acceptors (Lipinski definition) is 6. The van der Waals surface area contributed by atoms with Crippen molar-refractivity contribution in [2.75, 3.05) is 11.6 Å². The lowest BCUT2D eigenvalue weighted by Gasteiger charge is -2.06. The van der Waals surface area contributed by atoms with Crippen molar-refractivity contribution in [3.8, 4) is 11.8 Å². The minimum atomic E-state index is -3.05. The molecule has 0 aliphatic heterocycles. The van der Waals surface area contributed by atoms with Crippen molar-refractivity contribution in [1.29, 1.82) is 0 Å². The predicted molar refractivity (Wildman–Crippen MR) is 154 cm³/mol.